The Morgan fingerprint density at radius 1 is 1.28 bits per heavy atom. The molecule has 0 saturated heterocycles. The van der Waals surface area contributed by atoms with Crippen LogP contribution in [0.1, 0.15) is 31.9 Å². The molecule has 1 nitrogen and oxygen atoms in total. The zero-order chi connectivity index (χ0) is 14.1. The van der Waals surface area contributed by atoms with Gasteiger partial charge >= 0.3 is 0 Å². The van der Waals surface area contributed by atoms with Crippen LogP contribution in [0.15, 0.2) is 16.6 Å². The highest BCUT2D eigenvalue weighted by atomic mass is 79.9. The third kappa shape index (κ3) is 3.65. The van der Waals surface area contributed by atoms with Gasteiger partial charge in [-0.1, -0.05) is 36.7 Å². The predicted molar refractivity (Wildman–Crippen MR) is 80.8 cm³/mol. The van der Waals surface area contributed by atoms with Crippen molar-refractivity contribution in [1.29, 1.82) is 0 Å². The monoisotopic (exact) mass is 332 g/mol. The molecule has 1 aromatic carbocycles. The number of aryl methyl sites for hydroxylation is 1. The molecule has 0 aromatic heterocycles. The third-order valence-electron chi connectivity index (χ3n) is 3.72. The normalized spacial score (nSPS) is 12.9. The maximum atomic E-state index is 13.8. The fraction of sp³-hybridized carbons (Fsp3) is 0.571. The van der Waals surface area contributed by atoms with E-state index < -0.39 is 8.32 Å². The topological polar surface area (TPSA) is 9.23 Å². The summed E-state index contributed by atoms with van der Waals surface area (Å²) in [4.78, 5) is 0. The molecule has 0 bridgehead atoms. The Balaban J connectivity index is 2.85. The summed E-state index contributed by atoms with van der Waals surface area (Å²) in [7, 11) is -1.82. The molecule has 18 heavy (non-hydrogen) atoms. The summed E-state index contributed by atoms with van der Waals surface area (Å²) in [6.07, 6.45) is 0. The molecule has 0 N–H and O–H groups in total. The van der Waals surface area contributed by atoms with Crippen LogP contribution in [0, 0.1) is 12.7 Å². The van der Waals surface area contributed by atoms with Crippen molar-refractivity contribution in [1.82, 2.24) is 0 Å². The number of rotatable bonds is 3. The molecular weight excluding hydrogens is 311 g/mol. The van der Waals surface area contributed by atoms with Gasteiger partial charge in [-0.05, 0) is 42.8 Å². The first-order valence-electron chi connectivity index (χ1n) is 6.13. The van der Waals surface area contributed by atoms with Gasteiger partial charge < -0.3 is 4.43 Å². The maximum absolute atomic E-state index is 13.8. The van der Waals surface area contributed by atoms with E-state index in [1.807, 2.05) is 13.0 Å². The first-order valence-corrected chi connectivity index (χ1v) is 9.83. The van der Waals surface area contributed by atoms with Crippen molar-refractivity contribution in [3.8, 4) is 0 Å². The number of hydrogen-bond donors (Lipinski definition) is 0. The molecule has 0 radical (unpaired) electrons. The molecule has 0 aliphatic rings. The molecule has 0 spiro atoms. The Kier molecular flexibility index (Phi) is 4.79. The second-order valence-corrected chi connectivity index (χ2v) is 11.9. The van der Waals surface area contributed by atoms with Crippen LogP contribution >= 0.6 is 15.9 Å². The number of hydrogen-bond acceptors (Lipinski definition) is 1. The van der Waals surface area contributed by atoms with Crippen molar-refractivity contribution in [2.45, 2.75) is 52.4 Å². The summed E-state index contributed by atoms with van der Waals surface area (Å²) < 4.78 is 20.6. The molecule has 0 fully saturated rings. The highest BCUT2D eigenvalue weighted by molar-refractivity contribution is 9.10. The summed E-state index contributed by atoms with van der Waals surface area (Å²) in [6.45, 7) is 13.2. The largest absolute Gasteiger partial charge is 0.412 e. The molecule has 0 saturated carbocycles. The summed E-state index contributed by atoms with van der Waals surface area (Å²) in [5.41, 5.74) is 1.67. The average Bonchev–Trinajstić information content (AvgIpc) is 2.20. The fourth-order valence-electron chi connectivity index (χ4n) is 1.30. The van der Waals surface area contributed by atoms with Gasteiger partial charge in [0.2, 0.25) is 0 Å². The standard InChI is InChI=1S/C14H22BrFOSi/c1-10-7-11(13(16)8-12(10)15)9-17-18(5,6)14(2,3)4/h7-8H,9H2,1-6H3. The van der Waals surface area contributed by atoms with E-state index in [4.69, 9.17) is 4.43 Å². The van der Waals surface area contributed by atoms with Crippen molar-refractivity contribution < 1.29 is 8.82 Å². The Bertz CT molecular complexity index is 438. The summed E-state index contributed by atoms with van der Waals surface area (Å²) in [5, 5.41) is 0.147. The fourth-order valence-corrected chi connectivity index (χ4v) is 2.57. The molecule has 1 rings (SSSR count). The zero-order valence-corrected chi connectivity index (χ0v) is 14.6. The van der Waals surface area contributed by atoms with Crippen LogP contribution in [-0.2, 0) is 11.0 Å². The highest BCUT2D eigenvalue weighted by Crippen LogP contribution is 2.37. The molecule has 0 heterocycles. The van der Waals surface area contributed by atoms with Gasteiger partial charge in [-0.25, -0.2) is 4.39 Å². The Labute approximate surface area is 119 Å². The number of halogens is 2. The summed E-state index contributed by atoms with van der Waals surface area (Å²) in [5.74, 6) is -0.203. The van der Waals surface area contributed by atoms with E-state index in [9.17, 15) is 4.39 Å². The molecule has 0 atom stereocenters. The van der Waals surface area contributed by atoms with Crippen LogP contribution in [0.5, 0.6) is 0 Å². The van der Waals surface area contributed by atoms with Gasteiger partial charge in [0.25, 0.3) is 0 Å². The van der Waals surface area contributed by atoms with Gasteiger partial charge in [0, 0.05) is 10.0 Å². The van der Waals surface area contributed by atoms with E-state index in [1.54, 1.807) is 0 Å². The van der Waals surface area contributed by atoms with E-state index in [0.717, 1.165) is 10.0 Å². The van der Waals surface area contributed by atoms with E-state index in [1.165, 1.54) is 6.07 Å². The van der Waals surface area contributed by atoms with E-state index >= 15 is 0 Å². The smallest absolute Gasteiger partial charge is 0.192 e. The van der Waals surface area contributed by atoms with Crippen LogP contribution in [0.3, 0.4) is 0 Å². The molecule has 0 aliphatic heterocycles. The Morgan fingerprint density at radius 2 is 1.83 bits per heavy atom. The van der Waals surface area contributed by atoms with E-state index in [-0.39, 0.29) is 10.9 Å². The molecule has 0 aliphatic carbocycles. The van der Waals surface area contributed by atoms with E-state index in [2.05, 4.69) is 49.8 Å². The minimum Gasteiger partial charge on any atom is -0.412 e. The molecule has 0 unspecified atom stereocenters. The molecule has 4 heteroatoms. The van der Waals surface area contributed by atoms with Gasteiger partial charge in [-0.3, -0.25) is 0 Å². The third-order valence-corrected chi connectivity index (χ3v) is 9.06. The predicted octanol–water partition coefficient (Wildman–Crippen LogP) is 5.42. The quantitative estimate of drug-likeness (QED) is 0.671. The molecule has 0 amide bonds. The van der Waals surface area contributed by atoms with Gasteiger partial charge in [0.1, 0.15) is 5.82 Å². The van der Waals surface area contributed by atoms with Crippen LogP contribution in [0.25, 0.3) is 0 Å². The van der Waals surface area contributed by atoms with Crippen molar-refractivity contribution >= 4 is 24.2 Å². The second kappa shape index (κ2) is 5.43. The van der Waals surface area contributed by atoms with Gasteiger partial charge in [0.05, 0.1) is 6.61 Å². The lowest BCUT2D eigenvalue weighted by atomic mass is 10.1. The average molecular weight is 333 g/mol. The van der Waals surface area contributed by atoms with E-state index in [0.29, 0.717) is 12.2 Å². The minimum atomic E-state index is -1.82. The SMILES string of the molecule is Cc1cc(CO[Si](C)(C)C(C)(C)C)c(F)cc1Br. The Morgan fingerprint density at radius 3 is 2.33 bits per heavy atom. The highest BCUT2D eigenvalue weighted by Gasteiger charge is 2.37. The lowest BCUT2D eigenvalue weighted by Crippen LogP contribution is -2.40. The van der Waals surface area contributed by atoms with Crippen LogP contribution in [-0.4, -0.2) is 8.32 Å². The lowest BCUT2D eigenvalue weighted by molar-refractivity contribution is 0.271. The van der Waals surface area contributed by atoms with Crippen molar-refractivity contribution in [3.63, 3.8) is 0 Å². The second-order valence-electron chi connectivity index (χ2n) is 6.24. The van der Waals surface area contributed by atoms with Crippen molar-refractivity contribution in [3.05, 3.63) is 33.5 Å². The maximum Gasteiger partial charge on any atom is 0.192 e. The van der Waals surface area contributed by atoms with Gasteiger partial charge in [0.15, 0.2) is 8.32 Å². The molecule has 102 valence electrons. The first-order chi connectivity index (χ1) is 8.04. The van der Waals surface area contributed by atoms with Gasteiger partial charge in [-0.15, -0.1) is 0 Å². The summed E-state index contributed by atoms with van der Waals surface area (Å²) in [6, 6.07) is 3.37. The van der Waals surface area contributed by atoms with Crippen molar-refractivity contribution in [2.75, 3.05) is 0 Å². The zero-order valence-electron chi connectivity index (χ0n) is 12.0. The first kappa shape index (κ1) is 15.9. The Hall–Kier alpha value is -0.193. The molecular formula is C14H22BrFOSi. The van der Waals surface area contributed by atoms with Gasteiger partial charge in [-0.2, -0.15) is 0 Å². The van der Waals surface area contributed by atoms with Crippen LogP contribution in [0.2, 0.25) is 18.1 Å². The van der Waals surface area contributed by atoms with Crippen molar-refractivity contribution in [2.24, 2.45) is 0 Å². The molecule has 1 aromatic rings. The van der Waals surface area contributed by atoms with Crippen LogP contribution < -0.4 is 0 Å². The minimum absolute atomic E-state index is 0.147. The number of benzene rings is 1. The van der Waals surface area contributed by atoms with Crippen LogP contribution in [0.4, 0.5) is 4.39 Å². The lowest BCUT2D eigenvalue weighted by Gasteiger charge is -2.36. The summed E-state index contributed by atoms with van der Waals surface area (Å²) >= 11 is 3.33.